The summed E-state index contributed by atoms with van der Waals surface area (Å²) in [5.41, 5.74) is 2.29. The van der Waals surface area contributed by atoms with Crippen LogP contribution in [0.5, 0.6) is 0 Å². The van der Waals surface area contributed by atoms with Gasteiger partial charge < -0.3 is 10.2 Å². The van der Waals surface area contributed by atoms with Gasteiger partial charge in [0.25, 0.3) is 0 Å². The average Bonchev–Trinajstić information content (AvgIpc) is 2.55. The highest BCUT2D eigenvalue weighted by Crippen LogP contribution is 2.24. The van der Waals surface area contributed by atoms with E-state index in [4.69, 9.17) is 0 Å². The Morgan fingerprint density at radius 3 is 2.48 bits per heavy atom. The quantitative estimate of drug-likeness (QED) is 0.849. The second-order valence-corrected chi connectivity index (χ2v) is 6.19. The first-order chi connectivity index (χ1) is 11.9. The monoisotopic (exact) mass is 342 g/mol. The minimum atomic E-state index is -0.418. The van der Waals surface area contributed by atoms with E-state index in [1.807, 2.05) is 24.3 Å². The third-order valence-corrected chi connectivity index (χ3v) is 3.92. The predicted octanol–water partition coefficient (Wildman–Crippen LogP) is 4.33. The van der Waals surface area contributed by atoms with E-state index in [0.29, 0.717) is 5.69 Å². The van der Waals surface area contributed by atoms with Crippen molar-refractivity contribution in [2.45, 2.75) is 33.1 Å². The molecule has 1 N–H and O–H groups in total. The van der Waals surface area contributed by atoms with Crippen LogP contribution in [0.15, 0.2) is 48.5 Å². The number of rotatable bonds is 6. The fraction of sp³-hybridized carbons (Fsp3) is 0.300. The van der Waals surface area contributed by atoms with Crippen molar-refractivity contribution in [3.63, 3.8) is 0 Å². The first-order valence-corrected chi connectivity index (χ1v) is 8.31. The van der Waals surface area contributed by atoms with E-state index in [1.165, 1.54) is 24.0 Å². The second kappa shape index (κ2) is 8.42. The van der Waals surface area contributed by atoms with E-state index in [0.717, 1.165) is 11.3 Å². The molecule has 25 heavy (non-hydrogen) atoms. The molecule has 0 aliphatic rings. The van der Waals surface area contributed by atoms with Crippen LogP contribution in [-0.2, 0) is 9.59 Å². The molecular weight excluding hydrogens is 319 g/mol. The van der Waals surface area contributed by atoms with Gasteiger partial charge in [0.2, 0.25) is 11.8 Å². The lowest BCUT2D eigenvalue weighted by Crippen LogP contribution is -2.32. The summed E-state index contributed by atoms with van der Waals surface area (Å²) in [6, 6.07) is 13.4. The van der Waals surface area contributed by atoms with Crippen LogP contribution in [0.1, 0.15) is 38.7 Å². The molecule has 4 nitrogen and oxygen atoms in total. The summed E-state index contributed by atoms with van der Waals surface area (Å²) in [5, 5.41) is 2.90. The van der Waals surface area contributed by atoms with Crippen molar-refractivity contribution >= 4 is 23.2 Å². The number of carbonyl (C=O) groups is 2. The van der Waals surface area contributed by atoms with Gasteiger partial charge in [-0.25, -0.2) is 4.39 Å². The molecule has 0 heterocycles. The number of para-hydroxylation sites is 1. The number of benzene rings is 2. The summed E-state index contributed by atoms with van der Waals surface area (Å²) in [5.74, 6) is -0.548. The molecule has 0 atom stereocenters. The molecular formula is C20H23FN2O2. The van der Waals surface area contributed by atoms with Gasteiger partial charge in [-0.1, -0.05) is 38.1 Å². The molecule has 2 aromatic carbocycles. The number of halogens is 1. The largest absolute Gasteiger partial charge is 0.326 e. The number of anilines is 2. The van der Waals surface area contributed by atoms with Crippen molar-refractivity contribution in [3.05, 3.63) is 59.9 Å². The molecule has 132 valence electrons. The molecule has 0 saturated carbocycles. The van der Waals surface area contributed by atoms with E-state index >= 15 is 0 Å². The predicted molar refractivity (Wildman–Crippen MR) is 98.2 cm³/mol. The van der Waals surface area contributed by atoms with Crippen LogP contribution in [0.4, 0.5) is 15.8 Å². The zero-order valence-electron chi connectivity index (χ0n) is 14.8. The van der Waals surface area contributed by atoms with Gasteiger partial charge >= 0.3 is 0 Å². The molecule has 0 aromatic heterocycles. The SMILES string of the molecule is CC(=O)N(CCC(=O)Nc1ccccc1C(C)C)c1cccc(F)c1. The molecule has 2 amide bonds. The summed E-state index contributed by atoms with van der Waals surface area (Å²) in [4.78, 5) is 25.5. The topological polar surface area (TPSA) is 49.4 Å². The molecule has 0 fully saturated rings. The van der Waals surface area contributed by atoms with Crippen LogP contribution in [-0.4, -0.2) is 18.4 Å². The van der Waals surface area contributed by atoms with E-state index in [-0.39, 0.29) is 30.7 Å². The Labute approximate surface area is 147 Å². The number of nitrogens with one attached hydrogen (secondary N) is 1. The molecule has 5 heteroatoms. The summed E-state index contributed by atoms with van der Waals surface area (Å²) in [6.45, 7) is 5.71. The maximum absolute atomic E-state index is 13.4. The molecule has 0 aliphatic carbocycles. The lowest BCUT2D eigenvalue weighted by atomic mass is 10.0. The zero-order chi connectivity index (χ0) is 18.4. The number of hydrogen-bond donors (Lipinski definition) is 1. The molecule has 0 saturated heterocycles. The summed E-state index contributed by atoms with van der Waals surface area (Å²) in [6.07, 6.45) is 0.128. The maximum Gasteiger partial charge on any atom is 0.226 e. The van der Waals surface area contributed by atoms with Gasteiger partial charge in [0.05, 0.1) is 0 Å². The van der Waals surface area contributed by atoms with Crippen molar-refractivity contribution in [1.29, 1.82) is 0 Å². The van der Waals surface area contributed by atoms with E-state index in [2.05, 4.69) is 19.2 Å². The smallest absolute Gasteiger partial charge is 0.226 e. The molecule has 0 bridgehead atoms. The lowest BCUT2D eigenvalue weighted by Gasteiger charge is -2.21. The summed E-state index contributed by atoms with van der Waals surface area (Å²) in [7, 11) is 0. The fourth-order valence-electron chi connectivity index (χ4n) is 2.65. The number of amides is 2. The Bertz CT molecular complexity index is 759. The normalized spacial score (nSPS) is 10.6. The maximum atomic E-state index is 13.4. The number of carbonyl (C=O) groups excluding carboxylic acids is 2. The van der Waals surface area contributed by atoms with Gasteiger partial charge in [0, 0.05) is 31.3 Å². The highest BCUT2D eigenvalue weighted by atomic mass is 19.1. The third kappa shape index (κ3) is 5.14. The van der Waals surface area contributed by atoms with E-state index in [1.54, 1.807) is 12.1 Å². The Hall–Kier alpha value is -2.69. The zero-order valence-corrected chi connectivity index (χ0v) is 14.8. The first kappa shape index (κ1) is 18.6. The standard InChI is InChI=1S/C20H23FN2O2/c1-14(2)18-9-4-5-10-19(18)22-20(25)11-12-23(15(3)24)17-8-6-7-16(21)13-17/h4-10,13-14H,11-12H2,1-3H3,(H,22,25). The Morgan fingerprint density at radius 1 is 1.12 bits per heavy atom. The summed E-state index contributed by atoms with van der Waals surface area (Å²) < 4.78 is 13.4. The van der Waals surface area contributed by atoms with Gasteiger partial charge in [-0.2, -0.15) is 0 Å². The number of hydrogen-bond acceptors (Lipinski definition) is 2. The minimum Gasteiger partial charge on any atom is -0.326 e. The van der Waals surface area contributed by atoms with Gasteiger partial charge in [-0.05, 0) is 35.7 Å². The number of nitrogens with zero attached hydrogens (tertiary/aromatic N) is 1. The average molecular weight is 342 g/mol. The molecule has 0 radical (unpaired) electrons. The van der Waals surface area contributed by atoms with Crippen LogP contribution in [0, 0.1) is 5.82 Å². The van der Waals surface area contributed by atoms with Crippen LogP contribution in [0.2, 0.25) is 0 Å². The van der Waals surface area contributed by atoms with Crippen molar-refractivity contribution in [2.75, 3.05) is 16.8 Å². The van der Waals surface area contributed by atoms with Crippen molar-refractivity contribution in [3.8, 4) is 0 Å². The van der Waals surface area contributed by atoms with Crippen molar-refractivity contribution < 1.29 is 14.0 Å². The van der Waals surface area contributed by atoms with Gasteiger partial charge in [0.15, 0.2) is 0 Å². The van der Waals surface area contributed by atoms with Crippen molar-refractivity contribution in [1.82, 2.24) is 0 Å². The van der Waals surface area contributed by atoms with Crippen LogP contribution in [0.25, 0.3) is 0 Å². The third-order valence-electron chi connectivity index (χ3n) is 3.92. The van der Waals surface area contributed by atoms with Crippen LogP contribution >= 0.6 is 0 Å². The first-order valence-electron chi connectivity index (χ1n) is 8.31. The highest BCUT2D eigenvalue weighted by molar-refractivity contribution is 5.95. The summed E-state index contributed by atoms with van der Waals surface area (Å²) >= 11 is 0. The van der Waals surface area contributed by atoms with E-state index < -0.39 is 5.82 Å². The minimum absolute atomic E-state index is 0.128. The van der Waals surface area contributed by atoms with Crippen LogP contribution < -0.4 is 10.2 Å². The Balaban J connectivity index is 2.04. The Morgan fingerprint density at radius 2 is 1.84 bits per heavy atom. The molecule has 0 aliphatic heterocycles. The van der Waals surface area contributed by atoms with Gasteiger partial charge in [0.1, 0.15) is 5.82 Å². The lowest BCUT2D eigenvalue weighted by molar-refractivity contribution is -0.117. The Kier molecular flexibility index (Phi) is 6.28. The van der Waals surface area contributed by atoms with Gasteiger partial charge in [-0.15, -0.1) is 0 Å². The molecule has 2 aromatic rings. The van der Waals surface area contributed by atoms with Crippen molar-refractivity contribution in [2.24, 2.45) is 0 Å². The van der Waals surface area contributed by atoms with Crippen LogP contribution in [0.3, 0.4) is 0 Å². The molecule has 2 rings (SSSR count). The molecule has 0 spiro atoms. The molecule has 0 unspecified atom stereocenters. The highest BCUT2D eigenvalue weighted by Gasteiger charge is 2.15. The second-order valence-electron chi connectivity index (χ2n) is 6.19. The fourth-order valence-corrected chi connectivity index (χ4v) is 2.65. The van der Waals surface area contributed by atoms with Gasteiger partial charge in [-0.3, -0.25) is 9.59 Å². The van der Waals surface area contributed by atoms with E-state index in [9.17, 15) is 14.0 Å².